The molecule has 0 saturated carbocycles. The van der Waals surface area contributed by atoms with Crippen LogP contribution < -0.4 is 5.32 Å². The first kappa shape index (κ1) is 21.8. The third kappa shape index (κ3) is 3.82. The van der Waals surface area contributed by atoms with Crippen LogP contribution in [0.5, 0.6) is 0 Å². The molecule has 1 aliphatic heterocycles. The van der Waals surface area contributed by atoms with Crippen LogP contribution >= 0.6 is 0 Å². The minimum atomic E-state index is -1.40. The highest BCUT2D eigenvalue weighted by Gasteiger charge is 2.47. The number of aliphatic carboxylic acids is 1. The SMILES string of the molecule is COC1(C(=O)O)CCN(C(=O)[C@H](C)NC(=O)OCC2c3ccccc3-c3ccccc32)C1. The van der Waals surface area contributed by atoms with Crippen molar-refractivity contribution in [1.29, 1.82) is 0 Å². The van der Waals surface area contributed by atoms with Gasteiger partial charge in [-0.25, -0.2) is 9.59 Å². The van der Waals surface area contributed by atoms with Gasteiger partial charge in [-0.3, -0.25) is 4.79 Å². The summed E-state index contributed by atoms with van der Waals surface area (Å²) >= 11 is 0. The fraction of sp³-hybridized carbons (Fsp3) is 0.375. The average molecular weight is 438 g/mol. The Morgan fingerprint density at radius 2 is 1.72 bits per heavy atom. The number of nitrogens with zero attached hydrogens (tertiary/aromatic N) is 1. The monoisotopic (exact) mass is 438 g/mol. The van der Waals surface area contributed by atoms with Crippen molar-refractivity contribution < 1.29 is 29.0 Å². The molecule has 0 bridgehead atoms. The van der Waals surface area contributed by atoms with Crippen LogP contribution in [0.1, 0.15) is 30.4 Å². The number of carboxylic acids is 1. The van der Waals surface area contributed by atoms with E-state index in [1.807, 2.05) is 36.4 Å². The van der Waals surface area contributed by atoms with E-state index in [0.717, 1.165) is 22.3 Å². The van der Waals surface area contributed by atoms with Crippen molar-refractivity contribution in [1.82, 2.24) is 10.2 Å². The summed E-state index contributed by atoms with van der Waals surface area (Å²) in [6.45, 7) is 1.89. The van der Waals surface area contributed by atoms with Crippen LogP contribution in [-0.4, -0.2) is 66.4 Å². The summed E-state index contributed by atoms with van der Waals surface area (Å²) in [7, 11) is 1.32. The van der Waals surface area contributed by atoms with Gasteiger partial charge in [0, 0.05) is 26.0 Å². The molecule has 0 radical (unpaired) electrons. The number of amides is 2. The number of ether oxygens (including phenoxy) is 2. The van der Waals surface area contributed by atoms with Crippen LogP contribution in [0.25, 0.3) is 11.1 Å². The molecule has 2 aromatic rings. The molecule has 1 aliphatic carbocycles. The molecule has 1 fully saturated rings. The highest BCUT2D eigenvalue weighted by Crippen LogP contribution is 2.44. The summed E-state index contributed by atoms with van der Waals surface area (Å²) in [6.07, 6.45) is -0.495. The van der Waals surface area contributed by atoms with Gasteiger partial charge in [0.2, 0.25) is 5.91 Å². The van der Waals surface area contributed by atoms with Crippen molar-refractivity contribution in [3.63, 3.8) is 0 Å². The molecule has 2 amide bonds. The lowest BCUT2D eigenvalue weighted by Gasteiger charge is -2.25. The molecule has 2 aromatic carbocycles. The van der Waals surface area contributed by atoms with Crippen LogP contribution in [0, 0.1) is 0 Å². The largest absolute Gasteiger partial charge is 0.479 e. The molecule has 32 heavy (non-hydrogen) atoms. The number of hydrogen-bond acceptors (Lipinski definition) is 5. The predicted molar refractivity (Wildman–Crippen MR) is 116 cm³/mol. The summed E-state index contributed by atoms with van der Waals surface area (Å²) in [6, 6.07) is 15.2. The second kappa shape index (κ2) is 8.63. The van der Waals surface area contributed by atoms with Gasteiger partial charge in [-0.15, -0.1) is 0 Å². The number of carbonyl (C=O) groups excluding carboxylic acids is 2. The van der Waals surface area contributed by atoms with Crippen molar-refractivity contribution in [3.05, 3.63) is 59.7 Å². The van der Waals surface area contributed by atoms with E-state index in [9.17, 15) is 19.5 Å². The molecular weight excluding hydrogens is 412 g/mol. The summed E-state index contributed by atoms with van der Waals surface area (Å²) in [5.41, 5.74) is 3.07. The van der Waals surface area contributed by atoms with E-state index in [0.29, 0.717) is 0 Å². The maximum atomic E-state index is 12.7. The van der Waals surface area contributed by atoms with Crippen LogP contribution in [0.3, 0.4) is 0 Å². The van der Waals surface area contributed by atoms with Gasteiger partial charge in [0.25, 0.3) is 0 Å². The number of fused-ring (bicyclic) bond motifs is 3. The second-order valence-electron chi connectivity index (χ2n) is 8.20. The number of likely N-dealkylation sites (tertiary alicyclic amines) is 1. The molecule has 8 nitrogen and oxygen atoms in total. The lowest BCUT2D eigenvalue weighted by molar-refractivity contribution is -0.161. The van der Waals surface area contributed by atoms with Crippen LogP contribution in [0.4, 0.5) is 4.79 Å². The zero-order valence-electron chi connectivity index (χ0n) is 18.0. The lowest BCUT2D eigenvalue weighted by Crippen LogP contribution is -2.49. The normalized spacial score (nSPS) is 20.4. The first-order valence-electron chi connectivity index (χ1n) is 10.5. The topological polar surface area (TPSA) is 105 Å². The summed E-state index contributed by atoms with van der Waals surface area (Å²) in [4.78, 5) is 38.0. The molecule has 0 aromatic heterocycles. The van der Waals surface area contributed by atoms with Crippen molar-refractivity contribution >= 4 is 18.0 Å². The molecule has 8 heteroatoms. The Morgan fingerprint density at radius 1 is 1.12 bits per heavy atom. The Morgan fingerprint density at radius 3 is 2.25 bits per heavy atom. The third-order valence-electron chi connectivity index (χ3n) is 6.37. The molecule has 2 aliphatic rings. The summed E-state index contributed by atoms with van der Waals surface area (Å²) < 4.78 is 10.6. The van der Waals surface area contributed by atoms with E-state index < -0.39 is 23.7 Å². The van der Waals surface area contributed by atoms with Gasteiger partial charge in [-0.05, 0) is 29.2 Å². The zero-order chi connectivity index (χ0) is 22.9. The molecule has 4 rings (SSSR count). The van der Waals surface area contributed by atoms with Crippen LogP contribution in [0.15, 0.2) is 48.5 Å². The number of benzene rings is 2. The lowest BCUT2D eigenvalue weighted by atomic mass is 9.98. The van der Waals surface area contributed by atoms with Crippen molar-refractivity contribution in [3.8, 4) is 11.1 Å². The van der Waals surface area contributed by atoms with Crippen molar-refractivity contribution in [2.75, 3.05) is 26.8 Å². The molecule has 2 N–H and O–H groups in total. The number of methoxy groups -OCH3 is 1. The van der Waals surface area contributed by atoms with Gasteiger partial charge < -0.3 is 24.8 Å². The Labute approximate surface area is 186 Å². The van der Waals surface area contributed by atoms with Gasteiger partial charge in [-0.1, -0.05) is 48.5 Å². The van der Waals surface area contributed by atoms with E-state index in [1.165, 1.54) is 12.0 Å². The number of alkyl carbamates (subject to hydrolysis) is 1. The highest BCUT2D eigenvalue weighted by molar-refractivity contribution is 5.87. The molecule has 2 atom stereocenters. The third-order valence-corrected chi connectivity index (χ3v) is 6.37. The van der Waals surface area contributed by atoms with E-state index in [4.69, 9.17) is 9.47 Å². The smallest absolute Gasteiger partial charge is 0.407 e. The molecule has 0 spiro atoms. The number of rotatable bonds is 6. The van der Waals surface area contributed by atoms with Crippen LogP contribution in [0.2, 0.25) is 0 Å². The second-order valence-corrected chi connectivity index (χ2v) is 8.20. The molecule has 1 heterocycles. The Bertz CT molecular complexity index is 1010. The van der Waals surface area contributed by atoms with Crippen molar-refractivity contribution in [2.24, 2.45) is 0 Å². The minimum Gasteiger partial charge on any atom is -0.479 e. The minimum absolute atomic E-state index is 0.0611. The Hall–Kier alpha value is -3.39. The number of nitrogens with one attached hydrogen (secondary N) is 1. The molecule has 1 unspecified atom stereocenters. The quantitative estimate of drug-likeness (QED) is 0.718. The predicted octanol–water partition coefficient (Wildman–Crippen LogP) is 2.62. The Balaban J connectivity index is 1.36. The Kier molecular flexibility index (Phi) is 5.88. The van der Waals surface area contributed by atoms with Gasteiger partial charge >= 0.3 is 12.1 Å². The van der Waals surface area contributed by atoms with E-state index in [-0.39, 0.29) is 37.9 Å². The molecular formula is C24H26N2O6. The van der Waals surface area contributed by atoms with E-state index in [2.05, 4.69) is 17.4 Å². The highest BCUT2D eigenvalue weighted by atomic mass is 16.5. The zero-order valence-corrected chi connectivity index (χ0v) is 18.0. The van der Waals surface area contributed by atoms with Gasteiger partial charge in [-0.2, -0.15) is 0 Å². The van der Waals surface area contributed by atoms with Gasteiger partial charge in [0.15, 0.2) is 5.60 Å². The summed E-state index contributed by atoms with van der Waals surface area (Å²) in [5, 5.41) is 12.0. The number of hydrogen-bond donors (Lipinski definition) is 2. The standard InChI is InChI=1S/C24H26N2O6/c1-15(21(27)26-12-11-24(14-26,31-2)22(28)29)25-23(30)32-13-20-18-9-5-3-7-16(18)17-8-4-6-10-19(17)20/h3-10,15,20H,11-14H2,1-2H3,(H,25,30)(H,28,29)/t15-,24?/m0/s1. The van der Waals surface area contributed by atoms with E-state index in [1.54, 1.807) is 6.92 Å². The fourth-order valence-corrected chi connectivity index (χ4v) is 4.55. The summed E-state index contributed by atoms with van der Waals surface area (Å²) in [5.74, 6) is -1.55. The van der Waals surface area contributed by atoms with Crippen LogP contribution in [-0.2, 0) is 19.1 Å². The average Bonchev–Trinajstić information content (AvgIpc) is 3.38. The van der Waals surface area contributed by atoms with Gasteiger partial charge in [0.05, 0.1) is 6.54 Å². The maximum Gasteiger partial charge on any atom is 0.407 e. The maximum absolute atomic E-state index is 12.7. The number of carbonyl (C=O) groups is 3. The molecule has 1 saturated heterocycles. The number of carboxylic acid groups (broad SMARTS) is 1. The first-order chi connectivity index (χ1) is 15.4. The van der Waals surface area contributed by atoms with Crippen molar-refractivity contribution in [2.45, 2.75) is 30.9 Å². The molecule has 168 valence electrons. The van der Waals surface area contributed by atoms with Gasteiger partial charge in [0.1, 0.15) is 12.6 Å². The van der Waals surface area contributed by atoms with E-state index >= 15 is 0 Å². The first-order valence-corrected chi connectivity index (χ1v) is 10.5. The fourth-order valence-electron chi connectivity index (χ4n) is 4.55.